The first kappa shape index (κ1) is 10.1. The van der Waals surface area contributed by atoms with Crippen molar-refractivity contribution in [2.24, 2.45) is 0 Å². The van der Waals surface area contributed by atoms with E-state index in [0.29, 0.717) is 15.8 Å². The van der Waals surface area contributed by atoms with Crippen LogP contribution >= 0.6 is 22.9 Å². The van der Waals surface area contributed by atoms with Crippen LogP contribution in [0, 0.1) is 6.92 Å². The zero-order valence-corrected chi connectivity index (χ0v) is 9.55. The van der Waals surface area contributed by atoms with Crippen LogP contribution < -0.4 is 0 Å². The van der Waals surface area contributed by atoms with Crippen molar-refractivity contribution >= 4 is 28.8 Å². The number of hydrogen-bond acceptors (Lipinski definition) is 8. The Bertz CT molecular complexity index is 493. The molecule has 0 N–H and O–H groups in total. The summed E-state index contributed by atoms with van der Waals surface area (Å²) >= 11 is 2.37. The molecule has 0 aliphatic rings. The van der Waals surface area contributed by atoms with Gasteiger partial charge in [0.1, 0.15) is 5.82 Å². The minimum atomic E-state index is -0.486. The van der Waals surface area contributed by atoms with Crippen molar-refractivity contribution in [2.45, 2.75) is 6.92 Å². The molecule has 0 aliphatic carbocycles. The molecule has 0 fully saturated rings. The zero-order chi connectivity index (χ0) is 10.8. The quantitative estimate of drug-likeness (QED) is 0.735. The van der Waals surface area contributed by atoms with Gasteiger partial charge in [0.05, 0.1) is 7.11 Å². The summed E-state index contributed by atoms with van der Waals surface area (Å²) in [6, 6.07) is 0. The molecule has 0 unspecified atom stereocenters. The largest absolute Gasteiger partial charge is 0.464 e. The van der Waals surface area contributed by atoms with Gasteiger partial charge in [-0.25, -0.2) is 9.78 Å². The van der Waals surface area contributed by atoms with E-state index in [-0.39, 0.29) is 5.01 Å². The molecule has 0 bridgehead atoms. The summed E-state index contributed by atoms with van der Waals surface area (Å²) in [6.45, 7) is 1.79. The van der Waals surface area contributed by atoms with Crippen molar-refractivity contribution < 1.29 is 9.53 Å². The first-order chi connectivity index (χ1) is 7.20. The van der Waals surface area contributed by atoms with E-state index in [1.807, 2.05) is 0 Å². The van der Waals surface area contributed by atoms with Gasteiger partial charge in [0.2, 0.25) is 5.01 Å². The van der Waals surface area contributed by atoms with E-state index >= 15 is 0 Å². The fourth-order valence-electron chi connectivity index (χ4n) is 0.863. The summed E-state index contributed by atoms with van der Waals surface area (Å²) in [7, 11) is 1.30. The third-order valence-electron chi connectivity index (χ3n) is 1.50. The van der Waals surface area contributed by atoms with Gasteiger partial charge in [-0.3, -0.25) is 0 Å². The molecule has 2 aromatic heterocycles. The number of hydrogen-bond donors (Lipinski definition) is 0. The molecule has 0 radical (unpaired) electrons. The molecule has 15 heavy (non-hydrogen) atoms. The van der Waals surface area contributed by atoms with Gasteiger partial charge in [-0.05, 0) is 18.5 Å². The number of aromatic nitrogens is 4. The van der Waals surface area contributed by atoms with E-state index in [4.69, 9.17) is 0 Å². The standard InChI is InChI=1S/C7H6N4O2S2/c1-3-8-4(15-11-3)5-9-10-6(14-5)7(12)13-2/h1-2H3. The van der Waals surface area contributed by atoms with Crippen LogP contribution in [-0.4, -0.2) is 32.6 Å². The Morgan fingerprint density at radius 2 is 2.13 bits per heavy atom. The third kappa shape index (κ3) is 2.00. The van der Waals surface area contributed by atoms with Gasteiger partial charge in [-0.2, -0.15) is 4.37 Å². The van der Waals surface area contributed by atoms with Crippen molar-refractivity contribution in [3.05, 3.63) is 10.8 Å². The minimum Gasteiger partial charge on any atom is -0.464 e. The molecule has 0 atom stereocenters. The van der Waals surface area contributed by atoms with Gasteiger partial charge < -0.3 is 4.74 Å². The molecule has 0 spiro atoms. The van der Waals surface area contributed by atoms with E-state index in [9.17, 15) is 4.79 Å². The van der Waals surface area contributed by atoms with Crippen molar-refractivity contribution in [1.29, 1.82) is 0 Å². The lowest BCUT2D eigenvalue weighted by Crippen LogP contribution is -1.99. The van der Waals surface area contributed by atoms with E-state index in [1.165, 1.54) is 18.6 Å². The van der Waals surface area contributed by atoms with Gasteiger partial charge in [0, 0.05) is 0 Å². The number of nitrogens with zero attached hydrogens (tertiary/aromatic N) is 4. The predicted octanol–water partition coefficient (Wildman–Crippen LogP) is 1.15. The van der Waals surface area contributed by atoms with Crippen LogP contribution in [-0.2, 0) is 4.74 Å². The Balaban J connectivity index is 2.31. The number of carbonyl (C=O) groups is 1. The lowest BCUT2D eigenvalue weighted by Gasteiger charge is -1.88. The molecular formula is C7H6N4O2S2. The molecule has 8 heteroatoms. The number of methoxy groups -OCH3 is 1. The fraction of sp³-hybridized carbons (Fsp3) is 0.286. The second kappa shape index (κ2) is 3.99. The first-order valence-corrected chi connectivity index (χ1v) is 5.52. The summed E-state index contributed by atoms with van der Waals surface area (Å²) in [5.74, 6) is 0.199. The van der Waals surface area contributed by atoms with Crippen molar-refractivity contribution in [3.63, 3.8) is 0 Å². The molecule has 0 saturated heterocycles. The van der Waals surface area contributed by atoms with Gasteiger partial charge in [-0.15, -0.1) is 10.2 Å². The van der Waals surface area contributed by atoms with Gasteiger partial charge in [0.25, 0.3) is 0 Å². The first-order valence-electron chi connectivity index (χ1n) is 3.93. The summed E-state index contributed by atoms with van der Waals surface area (Å²) in [4.78, 5) is 15.3. The maximum atomic E-state index is 11.1. The van der Waals surface area contributed by atoms with Gasteiger partial charge in [0.15, 0.2) is 10.0 Å². The lowest BCUT2D eigenvalue weighted by molar-refractivity contribution is 0.0599. The summed E-state index contributed by atoms with van der Waals surface area (Å²) in [5, 5.41) is 9.02. The highest BCUT2D eigenvalue weighted by atomic mass is 32.1. The molecule has 2 aromatic rings. The molecule has 2 heterocycles. The number of esters is 1. The molecule has 0 aromatic carbocycles. The van der Waals surface area contributed by atoms with E-state index < -0.39 is 5.97 Å². The molecule has 0 aliphatic heterocycles. The Kier molecular flexibility index (Phi) is 2.69. The van der Waals surface area contributed by atoms with Crippen LogP contribution in [0.25, 0.3) is 10.0 Å². The molecule has 2 rings (SSSR count). The van der Waals surface area contributed by atoms with Gasteiger partial charge in [-0.1, -0.05) is 11.3 Å². The van der Waals surface area contributed by atoms with Crippen LogP contribution in [0.15, 0.2) is 0 Å². The SMILES string of the molecule is COC(=O)c1nnc(-c2nc(C)ns2)s1. The second-order valence-electron chi connectivity index (χ2n) is 2.55. The number of ether oxygens (including phenoxy) is 1. The van der Waals surface area contributed by atoms with Crippen LogP contribution in [0.3, 0.4) is 0 Å². The Morgan fingerprint density at radius 1 is 1.33 bits per heavy atom. The number of aryl methyl sites for hydroxylation is 1. The molecule has 0 saturated carbocycles. The van der Waals surface area contributed by atoms with Crippen molar-refractivity contribution in [3.8, 4) is 10.0 Å². The maximum Gasteiger partial charge on any atom is 0.369 e. The summed E-state index contributed by atoms with van der Waals surface area (Å²) in [5.41, 5.74) is 0. The second-order valence-corrected chi connectivity index (χ2v) is 4.28. The maximum absolute atomic E-state index is 11.1. The van der Waals surface area contributed by atoms with Crippen LogP contribution in [0.2, 0.25) is 0 Å². The van der Waals surface area contributed by atoms with Crippen LogP contribution in [0.5, 0.6) is 0 Å². The monoisotopic (exact) mass is 242 g/mol. The van der Waals surface area contributed by atoms with Crippen molar-refractivity contribution in [1.82, 2.24) is 19.6 Å². The number of carbonyl (C=O) groups excluding carboxylic acids is 1. The average molecular weight is 242 g/mol. The lowest BCUT2D eigenvalue weighted by atomic mass is 10.7. The smallest absolute Gasteiger partial charge is 0.369 e. The molecule has 78 valence electrons. The minimum absolute atomic E-state index is 0.223. The highest BCUT2D eigenvalue weighted by molar-refractivity contribution is 7.20. The predicted molar refractivity (Wildman–Crippen MR) is 54.9 cm³/mol. The van der Waals surface area contributed by atoms with Crippen LogP contribution in [0.1, 0.15) is 15.6 Å². The van der Waals surface area contributed by atoms with E-state index in [1.54, 1.807) is 6.92 Å². The fourth-order valence-corrected chi connectivity index (χ4v) is 2.30. The zero-order valence-electron chi connectivity index (χ0n) is 7.92. The summed E-state index contributed by atoms with van der Waals surface area (Å²) in [6.07, 6.45) is 0. The van der Waals surface area contributed by atoms with Gasteiger partial charge >= 0.3 is 5.97 Å². The Morgan fingerprint density at radius 3 is 2.73 bits per heavy atom. The van der Waals surface area contributed by atoms with Crippen LogP contribution in [0.4, 0.5) is 0 Å². The Hall–Kier alpha value is -1.41. The molecular weight excluding hydrogens is 236 g/mol. The Labute approximate surface area is 93.1 Å². The normalized spacial score (nSPS) is 10.3. The molecule has 0 amide bonds. The number of rotatable bonds is 2. The topological polar surface area (TPSA) is 77.9 Å². The highest BCUT2D eigenvalue weighted by Crippen LogP contribution is 2.24. The average Bonchev–Trinajstić information content (AvgIpc) is 2.84. The third-order valence-corrected chi connectivity index (χ3v) is 3.35. The van der Waals surface area contributed by atoms with E-state index in [0.717, 1.165) is 11.3 Å². The highest BCUT2D eigenvalue weighted by Gasteiger charge is 2.16. The summed E-state index contributed by atoms with van der Waals surface area (Å²) < 4.78 is 8.55. The molecule has 6 nitrogen and oxygen atoms in total. The van der Waals surface area contributed by atoms with E-state index in [2.05, 4.69) is 24.3 Å². The van der Waals surface area contributed by atoms with Crippen molar-refractivity contribution in [2.75, 3.05) is 7.11 Å².